The normalized spacial score (nSPS) is 11.6. The minimum absolute atomic E-state index is 0.0290. The van der Waals surface area contributed by atoms with Crippen LogP contribution in [0.15, 0.2) is 35.7 Å². The monoisotopic (exact) mass is 291 g/mol. The summed E-state index contributed by atoms with van der Waals surface area (Å²) in [5.74, 6) is -0.897. The molecule has 2 aromatic rings. The first kappa shape index (κ1) is 14.6. The second-order valence-corrected chi connectivity index (χ2v) is 6.41. The molecule has 0 unspecified atom stereocenters. The molecule has 0 bridgehead atoms. The van der Waals surface area contributed by atoms with E-state index in [1.807, 2.05) is 12.1 Å². The molecule has 0 spiro atoms. The summed E-state index contributed by atoms with van der Waals surface area (Å²) in [4.78, 5) is 10.6. The van der Waals surface area contributed by atoms with Crippen molar-refractivity contribution in [2.45, 2.75) is 31.3 Å². The lowest BCUT2D eigenvalue weighted by atomic mass is 9.87. The molecule has 1 N–H and O–H groups in total. The van der Waals surface area contributed by atoms with Crippen molar-refractivity contribution < 1.29 is 9.90 Å². The Morgan fingerprint density at radius 3 is 2.50 bits per heavy atom. The third-order valence-corrected chi connectivity index (χ3v) is 3.78. The van der Waals surface area contributed by atoms with Crippen LogP contribution in [0.3, 0.4) is 0 Å². The third kappa shape index (κ3) is 3.39. The van der Waals surface area contributed by atoms with Crippen LogP contribution in [0.2, 0.25) is 0 Å². The molecule has 5 nitrogen and oxygen atoms in total. The maximum Gasteiger partial charge on any atom is 0.313 e. The maximum atomic E-state index is 10.6. The lowest BCUT2D eigenvalue weighted by molar-refractivity contribution is -0.133. The van der Waals surface area contributed by atoms with Crippen molar-refractivity contribution in [3.05, 3.63) is 36.2 Å². The molecule has 0 aliphatic heterocycles. The lowest BCUT2D eigenvalue weighted by Gasteiger charge is -2.19. The van der Waals surface area contributed by atoms with Crippen molar-refractivity contribution in [2.24, 2.45) is 0 Å². The number of thioether (sulfide) groups is 1. The topological polar surface area (TPSA) is 68.0 Å². The third-order valence-electron chi connectivity index (χ3n) is 2.85. The van der Waals surface area contributed by atoms with Gasteiger partial charge in [0, 0.05) is 5.69 Å². The van der Waals surface area contributed by atoms with E-state index in [2.05, 4.69) is 43.1 Å². The van der Waals surface area contributed by atoms with Gasteiger partial charge >= 0.3 is 5.97 Å². The zero-order valence-electron chi connectivity index (χ0n) is 11.7. The first-order valence-corrected chi connectivity index (χ1v) is 7.22. The molecule has 0 atom stereocenters. The van der Waals surface area contributed by atoms with Gasteiger partial charge in [0.15, 0.2) is 5.16 Å². The molecular weight excluding hydrogens is 274 g/mol. The molecule has 0 saturated heterocycles. The number of carboxylic acid groups (broad SMARTS) is 1. The summed E-state index contributed by atoms with van der Waals surface area (Å²) in [5, 5.41) is 17.1. The van der Waals surface area contributed by atoms with E-state index in [-0.39, 0.29) is 11.2 Å². The highest BCUT2D eigenvalue weighted by Gasteiger charge is 2.14. The van der Waals surface area contributed by atoms with Crippen molar-refractivity contribution in [2.75, 3.05) is 5.75 Å². The number of carbonyl (C=O) groups is 1. The van der Waals surface area contributed by atoms with Crippen LogP contribution in [0.4, 0.5) is 0 Å². The van der Waals surface area contributed by atoms with Crippen LogP contribution in [0.5, 0.6) is 0 Å². The Bertz CT molecular complexity index is 600. The van der Waals surface area contributed by atoms with E-state index >= 15 is 0 Å². The van der Waals surface area contributed by atoms with Crippen LogP contribution in [-0.2, 0) is 10.2 Å². The highest BCUT2D eigenvalue weighted by molar-refractivity contribution is 7.99. The predicted octanol–water partition coefficient (Wildman–Crippen LogP) is 2.74. The van der Waals surface area contributed by atoms with Gasteiger partial charge in [-0.2, -0.15) is 0 Å². The molecule has 1 heterocycles. The fourth-order valence-corrected chi connectivity index (χ4v) is 2.40. The maximum absolute atomic E-state index is 10.6. The molecule has 2 rings (SSSR count). The van der Waals surface area contributed by atoms with Crippen LogP contribution in [0, 0.1) is 0 Å². The van der Waals surface area contributed by atoms with Gasteiger partial charge in [0.1, 0.15) is 6.33 Å². The van der Waals surface area contributed by atoms with E-state index in [4.69, 9.17) is 5.11 Å². The van der Waals surface area contributed by atoms with Crippen molar-refractivity contribution in [1.29, 1.82) is 0 Å². The molecule has 0 saturated carbocycles. The van der Waals surface area contributed by atoms with Crippen molar-refractivity contribution >= 4 is 17.7 Å². The molecule has 1 aromatic carbocycles. The Labute approximate surface area is 122 Å². The molecule has 6 heteroatoms. The summed E-state index contributed by atoms with van der Waals surface area (Å²) in [5.41, 5.74) is 2.28. The molecule has 20 heavy (non-hydrogen) atoms. The SMILES string of the molecule is CC(C)(C)c1ccc(-n2cnnc2SCC(=O)O)cc1. The average Bonchev–Trinajstić information content (AvgIpc) is 2.83. The number of benzene rings is 1. The predicted molar refractivity (Wildman–Crippen MR) is 78.4 cm³/mol. The summed E-state index contributed by atoms with van der Waals surface area (Å²) in [7, 11) is 0. The van der Waals surface area contributed by atoms with Crippen molar-refractivity contribution in [3.63, 3.8) is 0 Å². The van der Waals surface area contributed by atoms with Crippen LogP contribution in [-0.4, -0.2) is 31.6 Å². The molecule has 0 aliphatic rings. The summed E-state index contributed by atoms with van der Waals surface area (Å²) >= 11 is 1.16. The largest absolute Gasteiger partial charge is 0.481 e. The fourth-order valence-electron chi connectivity index (χ4n) is 1.75. The summed E-state index contributed by atoms with van der Waals surface area (Å²) < 4.78 is 1.79. The van der Waals surface area contributed by atoms with Crippen LogP contribution >= 0.6 is 11.8 Å². The molecule has 0 radical (unpaired) electrons. The highest BCUT2D eigenvalue weighted by atomic mass is 32.2. The van der Waals surface area contributed by atoms with Gasteiger partial charge in [-0.1, -0.05) is 44.7 Å². The van der Waals surface area contributed by atoms with Gasteiger partial charge in [-0.3, -0.25) is 9.36 Å². The highest BCUT2D eigenvalue weighted by Crippen LogP contribution is 2.24. The molecular formula is C14H17N3O2S. The van der Waals surface area contributed by atoms with Crippen LogP contribution in [0.1, 0.15) is 26.3 Å². The minimum atomic E-state index is -0.868. The van der Waals surface area contributed by atoms with Gasteiger partial charge in [0.25, 0.3) is 0 Å². The molecule has 1 aromatic heterocycles. The van der Waals surface area contributed by atoms with E-state index in [1.165, 1.54) is 5.56 Å². The first-order chi connectivity index (χ1) is 9.38. The zero-order chi connectivity index (χ0) is 14.8. The Balaban J connectivity index is 2.24. The standard InChI is InChI=1S/C14H17N3O2S/c1-14(2,3)10-4-6-11(7-5-10)17-9-15-16-13(17)20-8-12(18)19/h4-7,9H,8H2,1-3H3,(H,18,19). The Kier molecular flexibility index (Phi) is 4.13. The number of aromatic nitrogens is 3. The van der Waals surface area contributed by atoms with Gasteiger partial charge in [-0.05, 0) is 23.1 Å². The lowest BCUT2D eigenvalue weighted by Crippen LogP contribution is -2.10. The summed E-state index contributed by atoms with van der Waals surface area (Å²) in [6, 6.07) is 8.13. The Hall–Kier alpha value is -1.82. The zero-order valence-corrected chi connectivity index (χ0v) is 12.5. The number of hydrogen-bond acceptors (Lipinski definition) is 4. The number of aliphatic carboxylic acids is 1. The number of hydrogen-bond donors (Lipinski definition) is 1. The number of nitrogens with zero attached hydrogens (tertiary/aromatic N) is 3. The molecule has 106 valence electrons. The van der Waals surface area contributed by atoms with Gasteiger partial charge in [-0.15, -0.1) is 10.2 Å². The van der Waals surface area contributed by atoms with Gasteiger partial charge < -0.3 is 5.11 Å². The van der Waals surface area contributed by atoms with Gasteiger partial charge in [0.05, 0.1) is 5.75 Å². The van der Waals surface area contributed by atoms with E-state index < -0.39 is 5.97 Å². The first-order valence-electron chi connectivity index (χ1n) is 6.23. The minimum Gasteiger partial charge on any atom is -0.481 e. The van der Waals surface area contributed by atoms with Crippen LogP contribution < -0.4 is 0 Å². The number of rotatable bonds is 4. The van der Waals surface area contributed by atoms with Crippen molar-refractivity contribution in [3.8, 4) is 5.69 Å². The summed E-state index contributed by atoms with van der Waals surface area (Å²) in [6.45, 7) is 6.48. The average molecular weight is 291 g/mol. The van der Waals surface area contributed by atoms with E-state index in [9.17, 15) is 4.79 Å². The molecule has 0 fully saturated rings. The second-order valence-electron chi connectivity index (χ2n) is 5.46. The number of carboxylic acids is 1. The van der Waals surface area contributed by atoms with E-state index in [1.54, 1.807) is 10.9 Å². The van der Waals surface area contributed by atoms with E-state index in [0.29, 0.717) is 5.16 Å². The van der Waals surface area contributed by atoms with Gasteiger partial charge in [-0.25, -0.2) is 0 Å². The Morgan fingerprint density at radius 1 is 1.30 bits per heavy atom. The summed E-state index contributed by atoms with van der Waals surface area (Å²) in [6.07, 6.45) is 1.59. The van der Waals surface area contributed by atoms with E-state index in [0.717, 1.165) is 17.4 Å². The fraction of sp³-hybridized carbons (Fsp3) is 0.357. The smallest absolute Gasteiger partial charge is 0.313 e. The molecule has 0 aliphatic carbocycles. The van der Waals surface area contributed by atoms with Crippen molar-refractivity contribution in [1.82, 2.24) is 14.8 Å². The van der Waals surface area contributed by atoms with Gasteiger partial charge in [0.2, 0.25) is 0 Å². The molecule has 0 amide bonds. The quantitative estimate of drug-likeness (QED) is 0.877. The second kappa shape index (κ2) is 5.66. The Morgan fingerprint density at radius 2 is 1.95 bits per heavy atom. The van der Waals surface area contributed by atoms with Crippen LogP contribution in [0.25, 0.3) is 5.69 Å².